The van der Waals surface area contributed by atoms with E-state index in [-0.39, 0.29) is 6.10 Å². The number of hydrogen-bond donors (Lipinski definition) is 1. The first-order chi connectivity index (χ1) is 7.64. The zero-order chi connectivity index (χ0) is 11.6. The molecule has 1 aliphatic heterocycles. The first-order valence-corrected chi connectivity index (χ1v) is 6.06. The summed E-state index contributed by atoms with van der Waals surface area (Å²) in [6.45, 7) is 4.77. The largest absolute Gasteiger partial charge is 0.387 e. The van der Waals surface area contributed by atoms with Crippen molar-refractivity contribution in [2.45, 2.75) is 44.8 Å². The first kappa shape index (κ1) is 11.6. The van der Waals surface area contributed by atoms with Crippen molar-refractivity contribution in [1.82, 2.24) is 0 Å². The Hall–Kier alpha value is -0.860. The molecule has 1 aliphatic rings. The van der Waals surface area contributed by atoms with Gasteiger partial charge in [0.2, 0.25) is 0 Å². The Balaban J connectivity index is 2.08. The van der Waals surface area contributed by atoms with Gasteiger partial charge in [0.15, 0.2) is 0 Å². The normalized spacial score (nSPS) is 29.6. The van der Waals surface area contributed by atoms with Crippen LogP contribution in [0.1, 0.15) is 31.4 Å². The molecule has 2 atom stereocenters. The van der Waals surface area contributed by atoms with Crippen LogP contribution in [0, 0.1) is 0 Å². The molecule has 88 valence electrons. The second-order valence-electron chi connectivity index (χ2n) is 4.71. The third-order valence-electron chi connectivity index (χ3n) is 3.60. The van der Waals surface area contributed by atoms with Crippen molar-refractivity contribution in [3.05, 3.63) is 35.4 Å². The van der Waals surface area contributed by atoms with Crippen molar-refractivity contribution in [3.8, 4) is 0 Å². The van der Waals surface area contributed by atoms with Crippen molar-refractivity contribution >= 4 is 0 Å². The Bertz CT molecular complexity index is 344. The van der Waals surface area contributed by atoms with Crippen molar-refractivity contribution in [1.29, 1.82) is 0 Å². The topological polar surface area (TPSA) is 29.5 Å². The van der Waals surface area contributed by atoms with Gasteiger partial charge < -0.3 is 9.84 Å². The lowest BCUT2D eigenvalue weighted by atomic mass is 9.88. The zero-order valence-electron chi connectivity index (χ0n) is 10.1. The summed E-state index contributed by atoms with van der Waals surface area (Å²) in [6, 6.07) is 8.50. The minimum absolute atomic E-state index is 0.0571. The predicted molar refractivity (Wildman–Crippen MR) is 64.5 cm³/mol. The molecule has 1 N–H and O–H groups in total. The lowest BCUT2D eigenvalue weighted by Gasteiger charge is -2.26. The van der Waals surface area contributed by atoms with Crippen LogP contribution < -0.4 is 0 Å². The Morgan fingerprint density at radius 1 is 1.31 bits per heavy atom. The third kappa shape index (κ3) is 2.28. The van der Waals surface area contributed by atoms with E-state index >= 15 is 0 Å². The Morgan fingerprint density at radius 2 is 1.94 bits per heavy atom. The number of aryl methyl sites for hydroxylation is 1. The Kier molecular flexibility index (Phi) is 3.31. The van der Waals surface area contributed by atoms with Crippen molar-refractivity contribution in [2.75, 3.05) is 6.61 Å². The smallest absolute Gasteiger partial charge is 0.0967 e. The molecular weight excluding hydrogens is 200 g/mol. The molecular formula is C14H20O2. The number of hydrogen-bond acceptors (Lipinski definition) is 2. The van der Waals surface area contributed by atoms with Crippen LogP contribution >= 0.6 is 0 Å². The van der Waals surface area contributed by atoms with Gasteiger partial charge in [0.05, 0.1) is 11.7 Å². The van der Waals surface area contributed by atoms with Crippen LogP contribution in [-0.4, -0.2) is 23.4 Å². The molecule has 1 heterocycles. The maximum absolute atomic E-state index is 10.4. The number of aliphatic hydroxyl groups is 1. The molecule has 1 aromatic rings. The molecule has 0 saturated carbocycles. The molecule has 0 aromatic heterocycles. The number of benzene rings is 1. The third-order valence-corrected chi connectivity index (χ3v) is 3.60. The summed E-state index contributed by atoms with van der Waals surface area (Å²) in [5, 5.41) is 10.4. The summed E-state index contributed by atoms with van der Waals surface area (Å²) < 4.78 is 5.44. The first-order valence-electron chi connectivity index (χ1n) is 6.06. The van der Waals surface area contributed by atoms with E-state index < -0.39 is 5.60 Å². The molecule has 2 rings (SSSR count). The van der Waals surface area contributed by atoms with E-state index in [1.165, 1.54) is 11.1 Å². The van der Waals surface area contributed by atoms with Crippen LogP contribution in [0.2, 0.25) is 0 Å². The standard InChI is InChI=1S/C14H20O2/c1-3-12-4-6-13(7-5-12)10-14(15)8-9-16-11(14)2/h4-7,11,15H,3,8-10H2,1-2H3. The fourth-order valence-electron chi connectivity index (χ4n) is 2.25. The number of rotatable bonds is 3. The fraction of sp³-hybridized carbons (Fsp3) is 0.571. The summed E-state index contributed by atoms with van der Waals surface area (Å²) in [5.41, 5.74) is 1.86. The lowest BCUT2D eigenvalue weighted by Crippen LogP contribution is -2.38. The average Bonchev–Trinajstić information content (AvgIpc) is 2.60. The molecule has 1 fully saturated rings. The van der Waals surface area contributed by atoms with Crippen LogP contribution in [0.5, 0.6) is 0 Å². The summed E-state index contributed by atoms with van der Waals surface area (Å²) in [7, 11) is 0. The van der Waals surface area contributed by atoms with Gasteiger partial charge in [-0.1, -0.05) is 31.2 Å². The minimum atomic E-state index is -0.673. The highest BCUT2D eigenvalue weighted by molar-refractivity contribution is 5.24. The molecule has 0 radical (unpaired) electrons. The molecule has 0 amide bonds. The minimum Gasteiger partial charge on any atom is -0.387 e. The SMILES string of the molecule is CCc1ccc(CC2(O)CCOC2C)cc1. The Labute approximate surface area is 97.3 Å². The lowest BCUT2D eigenvalue weighted by molar-refractivity contribution is -0.0268. The maximum atomic E-state index is 10.4. The van der Waals surface area contributed by atoms with Crippen molar-refractivity contribution in [3.63, 3.8) is 0 Å². The molecule has 1 aromatic carbocycles. The van der Waals surface area contributed by atoms with E-state index in [0.717, 1.165) is 12.8 Å². The van der Waals surface area contributed by atoms with E-state index in [4.69, 9.17) is 4.74 Å². The van der Waals surface area contributed by atoms with Gasteiger partial charge in [-0.25, -0.2) is 0 Å². The van der Waals surface area contributed by atoms with E-state index in [1.54, 1.807) is 0 Å². The predicted octanol–water partition coefficient (Wildman–Crippen LogP) is 2.33. The quantitative estimate of drug-likeness (QED) is 0.847. The van der Waals surface area contributed by atoms with E-state index in [2.05, 4.69) is 31.2 Å². The highest BCUT2D eigenvalue weighted by atomic mass is 16.5. The summed E-state index contributed by atoms with van der Waals surface area (Å²) in [4.78, 5) is 0. The monoisotopic (exact) mass is 220 g/mol. The summed E-state index contributed by atoms with van der Waals surface area (Å²) in [6.07, 6.45) is 2.43. The molecule has 16 heavy (non-hydrogen) atoms. The van der Waals surface area contributed by atoms with Crippen molar-refractivity contribution in [2.24, 2.45) is 0 Å². The van der Waals surface area contributed by atoms with Gasteiger partial charge in [0, 0.05) is 19.4 Å². The van der Waals surface area contributed by atoms with E-state index in [0.29, 0.717) is 13.0 Å². The van der Waals surface area contributed by atoms with E-state index in [1.807, 2.05) is 6.92 Å². The van der Waals surface area contributed by atoms with Gasteiger partial charge in [-0.05, 0) is 24.5 Å². The second-order valence-corrected chi connectivity index (χ2v) is 4.71. The van der Waals surface area contributed by atoms with Gasteiger partial charge in [-0.3, -0.25) is 0 Å². The Morgan fingerprint density at radius 3 is 2.44 bits per heavy atom. The molecule has 0 aliphatic carbocycles. The van der Waals surface area contributed by atoms with Gasteiger partial charge >= 0.3 is 0 Å². The molecule has 0 spiro atoms. The van der Waals surface area contributed by atoms with Crippen LogP contribution in [-0.2, 0) is 17.6 Å². The molecule has 1 saturated heterocycles. The highest BCUT2D eigenvalue weighted by Gasteiger charge is 2.39. The van der Waals surface area contributed by atoms with Gasteiger partial charge in [-0.2, -0.15) is 0 Å². The molecule has 2 unspecified atom stereocenters. The average molecular weight is 220 g/mol. The van der Waals surface area contributed by atoms with Gasteiger partial charge in [-0.15, -0.1) is 0 Å². The molecule has 2 nitrogen and oxygen atoms in total. The zero-order valence-corrected chi connectivity index (χ0v) is 10.1. The summed E-state index contributed by atoms with van der Waals surface area (Å²) >= 11 is 0. The van der Waals surface area contributed by atoms with Gasteiger partial charge in [0.25, 0.3) is 0 Å². The van der Waals surface area contributed by atoms with Crippen LogP contribution in [0.3, 0.4) is 0 Å². The van der Waals surface area contributed by atoms with Crippen LogP contribution in [0.15, 0.2) is 24.3 Å². The second kappa shape index (κ2) is 4.56. The molecule has 0 bridgehead atoms. The van der Waals surface area contributed by atoms with Crippen LogP contribution in [0.25, 0.3) is 0 Å². The number of ether oxygens (including phenoxy) is 1. The summed E-state index contributed by atoms with van der Waals surface area (Å²) in [5.74, 6) is 0. The highest BCUT2D eigenvalue weighted by Crippen LogP contribution is 2.29. The van der Waals surface area contributed by atoms with Gasteiger partial charge in [0.1, 0.15) is 0 Å². The van der Waals surface area contributed by atoms with Crippen molar-refractivity contribution < 1.29 is 9.84 Å². The van der Waals surface area contributed by atoms with Crippen LogP contribution in [0.4, 0.5) is 0 Å². The van der Waals surface area contributed by atoms with E-state index in [9.17, 15) is 5.11 Å². The maximum Gasteiger partial charge on any atom is 0.0967 e. The fourth-order valence-corrected chi connectivity index (χ4v) is 2.25. The molecule has 2 heteroatoms.